The molecule has 0 atom stereocenters. The first-order valence-corrected chi connectivity index (χ1v) is 13.6. The summed E-state index contributed by atoms with van der Waals surface area (Å²) in [6.45, 7) is 0. The van der Waals surface area contributed by atoms with Crippen molar-refractivity contribution >= 4 is 60.7 Å². The summed E-state index contributed by atoms with van der Waals surface area (Å²) in [6.07, 6.45) is 6.74. The average molecular weight is 501 g/mol. The van der Waals surface area contributed by atoms with Gasteiger partial charge in [0.25, 0.3) is 0 Å². The minimum absolute atomic E-state index is 0.904. The van der Waals surface area contributed by atoms with Crippen LogP contribution in [-0.2, 0) is 6.42 Å². The molecule has 5 aromatic carbocycles. The van der Waals surface area contributed by atoms with Gasteiger partial charge in [0.15, 0.2) is 0 Å². The number of nitrogens with zero attached hydrogens (tertiary/aromatic N) is 2. The standard InChI is InChI=1S/C36H24N2O/c1-5-13-31-25(9-1)26-10-2-6-14-32(26)37(31)23-17-19-29-30-20-18-24(22-36(30)39-35(29)21-23)38-33-15-7-3-11-27(33)28-12-4-8-16-34(28)38/h1-3,5-11,13-22H,4,12H2. The molecule has 3 nitrogen and oxygen atoms in total. The van der Waals surface area contributed by atoms with Gasteiger partial charge in [0, 0.05) is 56.1 Å². The van der Waals surface area contributed by atoms with Crippen LogP contribution in [0.4, 0.5) is 0 Å². The first-order valence-electron chi connectivity index (χ1n) is 13.6. The van der Waals surface area contributed by atoms with Gasteiger partial charge in [-0.1, -0.05) is 60.7 Å². The predicted octanol–water partition coefficient (Wildman–Crippen LogP) is 9.59. The second kappa shape index (κ2) is 7.75. The molecule has 0 N–H and O–H groups in total. The third-order valence-corrected chi connectivity index (χ3v) is 8.39. The SMILES string of the molecule is C1=Cc2c(c3ccccc3n2-c2ccc3c(c2)oc2cc(-n4c5ccccc5c5ccccc54)ccc23)CC1. The van der Waals surface area contributed by atoms with E-state index < -0.39 is 0 Å². The maximum absolute atomic E-state index is 6.57. The van der Waals surface area contributed by atoms with E-state index in [-0.39, 0.29) is 0 Å². The molecule has 0 bridgehead atoms. The minimum atomic E-state index is 0.904. The van der Waals surface area contributed by atoms with Gasteiger partial charge in [0.2, 0.25) is 0 Å². The largest absolute Gasteiger partial charge is 0.456 e. The van der Waals surface area contributed by atoms with Gasteiger partial charge in [-0.25, -0.2) is 0 Å². The lowest BCUT2D eigenvalue weighted by Crippen LogP contribution is -2.00. The highest BCUT2D eigenvalue weighted by atomic mass is 16.3. The summed E-state index contributed by atoms with van der Waals surface area (Å²) >= 11 is 0. The predicted molar refractivity (Wildman–Crippen MR) is 162 cm³/mol. The van der Waals surface area contributed by atoms with Crippen molar-refractivity contribution in [2.45, 2.75) is 12.8 Å². The molecule has 0 saturated heterocycles. The highest BCUT2D eigenvalue weighted by Crippen LogP contribution is 2.38. The Hall–Kier alpha value is -5.02. The Balaban J connectivity index is 1.25. The molecule has 0 unspecified atom stereocenters. The Bertz CT molecular complexity index is 2240. The molecule has 39 heavy (non-hydrogen) atoms. The zero-order valence-electron chi connectivity index (χ0n) is 21.3. The molecule has 3 aromatic heterocycles. The topological polar surface area (TPSA) is 23.0 Å². The number of furan rings is 1. The van der Waals surface area contributed by atoms with E-state index in [1.807, 2.05) is 0 Å². The van der Waals surface area contributed by atoms with E-state index in [9.17, 15) is 0 Å². The Morgan fingerprint density at radius 2 is 1.05 bits per heavy atom. The number of benzene rings is 5. The second-order valence-corrected chi connectivity index (χ2v) is 10.5. The van der Waals surface area contributed by atoms with E-state index in [0.717, 1.165) is 46.2 Å². The summed E-state index contributed by atoms with van der Waals surface area (Å²) in [5.41, 5.74) is 10.4. The maximum atomic E-state index is 6.57. The van der Waals surface area contributed by atoms with E-state index in [1.54, 1.807) is 0 Å². The van der Waals surface area contributed by atoms with Gasteiger partial charge in [-0.05, 0) is 66.9 Å². The van der Waals surface area contributed by atoms with E-state index in [1.165, 1.54) is 44.0 Å². The van der Waals surface area contributed by atoms with Gasteiger partial charge in [-0.2, -0.15) is 0 Å². The molecule has 0 amide bonds. The van der Waals surface area contributed by atoms with Gasteiger partial charge in [-0.15, -0.1) is 0 Å². The van der Waals surface area contributed by atoms with Crippen molar-refractivity contribution in [3.63, 3.8) is 0 Å². The molecule has 8 aromatic rings. The summed E-state index contributed by atoms with van der Waals surface area (Å²) in [5, 5.41) is 6.15. The monoisotopic (exact) mass is 500 g/mol. The Labute approximate surface area is 224 Å². The first kappa shape index (κ1) is 21.0. The summed E-state index contributed by atoms with van der Waals surface area (Å²) in [6, 6.07) is 39.2. The lowest BCUT2D eigenvalue weighted by Gasteiger charge is -2.12. The molecule has 184 valence electrons. The molecule has 1 aliphatic rings. The lowest BCUT2D eigenvalue weighted by atomic mass is 10.0. The van der Waals surface area contributed by atoms with Crippen LogP contribution in [0, 0.1) is 0 Å². The van der Waals surface area contributed by atoms with Gasteiger partial charge in [-0.3, -0.25) is 0 Å². The normalized spacial score (nSPS) is 13.3. The van der Waals surface area contributed by atoms with Crippen LogP contribution in [0.25, 0.3) is 72.1 Å². The fraction of sp³-hybridized carbons (Fsp3) is 0.0556. The fourth-order valence-electron chi connectivity index (χ4n) is 6.70. The molecule has 9 rings (SSSR count). The number of hydrogen-bond donors (Lipinski definition) is 0. The van der Waals surface area contributed by atoms with Crippen LogP contribution < -0.4 is 0 Å². The second-order valence-electron chi connectivity index (χ2n) is 10.5. The molecule has 0 saturated carbocycles. The minimum Gasteiger partial charge on any atom is -0.456 e. The molecular formula is C36H24N2O. The molecular weight excluding hydrogens is 476 g/mol. The number of aryl methyl sites for hydroxylation is 1. The number of allylic oxidation sites excluding steroid dienone is 1. The number of hydrogen-bond acceptors (Lipinski definition) is 1. The first-order chi connectivity index (χ1) is 19.3. The van der Waals surface area contributed by atoms with E-state index >= 15 is 0 Å². The molecule has 0 radical (unpaired) electrons. The zero-order valence-corrected chi connectivity index (χ0v) is 21.3. The maximum Gasteiger partial charge on any atom is 0.137 e. The van der Waals surface area contributed by atoms with Crippen LogP contribution in [0.5, 0.6) is 0 Å². The van der Waals surface area contributed by atoms with Crippen LogP contribution in [0.1, 0.15) is 17.7 Å². The van der Waals surface area contributed by atoms with Crippen LogP contribution in [-0.4, -0.2) is 9.13 Å². The van der Waals surface area contributed by atoms with Crippen LogP contribution in [0.3, 0.4) is 0 Å². The third kappa shape index (κ3) is 2.87. The highest BCUT2D eigenvalue weighted by molar-refractivity contribution is 6.10. The molecule has 0 fully saturated rings. The number of aromatic nitrogens is 2. The number of fused-ring (bicyclic) bond motifs is 9. The van der Waals surface area contributed by atoms with Crippen molar-refractivity contribution in [1.29, 1.82) is 0 Å². The summed E-state index contributed by atoms with van der Waals surface area (Å²) in [4.78, 5) is 0. The summed E-state index contributed by atoms with van der Waals surface area (Å²) < 4.78 is 11.3. The van der Waals surface area contributed by atoms with E-state index in [4.69, 9.17) is 4.42 Å². The zero-order chi connectivity index (χ0) is 25.5. The Morgan fingerprint density at radius 1 is 0.513 bits per heavy atom. The molecule has 1 aliphatic carbocycles. The van der Waals surface area contributed by atoms with Crippen molar-refractivity contribution in [2.24, 2.45) is 0 Å². The summed E-state index contributed by atoms with van der Waals surface area (Å²) in [7, 11) is 0. The highest BCUT2D eigenvalue weighted by Gasteiger charge is 2.19. The Morgan fingerprint density at radius 3 is 1.69 bits per heavy atom. The quantitative estimate of drug-likeness (QED) is 0.232. The third-order valence-electron chi connectivity index (χ3n) is 8.39. The van der Waals surface area contributed by atoms with Gasteiger partial charge in [0.05, 0.1) is 16.6 Å². The van der Waals surface area contributed by atoms with Crippen LogP contribution in [0.15, 0.2) is 120 Å². The van der Waals surface area contributed by atoms with Gasteiger partial charge in [0.1, 0.15) is 11.2 Å². The van der Waals surface area contributed by atoms with Gasteiger partial charge < -0.3 is 13.6 Å². The smallest absolute Gasteiger partial charge is 0.137 e. The van der Waals surface area contributed by atoms with Gasteiger partial charge >= 0.3 is 0 Å². The van der Waals surface area contributed by atoms with Crippen molar-refractivity contribution in [3.8, 4) is 11.4 Å². The lowest BCUT2D eigenvalue weighted by molar-refractivity contribution is 0.668. The fourth-order valence-corrected chi connectivity index (χ4v) is 6.70. The van der Waals surface area contributed by atoms with Crippen molar-refractivity contribution in [2.75, 3.05) is 0 Å². The molecule has 0 aliphatic heterocycles. The Kier molecular flexibility index (Phi) is 4.17. The van der Waals surface area contributed by atoms with E-state index in [0.29, 0.717) is 0 Å². The number of rotatable bonds is 2. The summed E-state index contributed by atoms with van der Waals surface area (Å²) in [5.74, 6) is 0. The van der Waals surface area contributed by atoms with Crippen LogP contribution in [0.2, 0.25) is 0 Å². The molecule has 3 heteroatoms. The molecule has 0 spiro atoms. The molecule has 3 heterocycles. The van der Waals surface area contributed by atoms with Crippen molar-refractivity contribution in [1.82, 2.24) is 9.13 Å². The average Bonchev–Trinajstić information content (AvgIpc) is 3.64. The van der Waals surface area contributed by atoms with Crippen molar-refractivity contribution in [3.05, 3.63) is 127 Å². The van der Waals surface area contributed by atoms with Crippen molar-refractivity contribution < 1.29 is 4.42 Å². The number of para-hydroxylation sites is 3. The van der Waals surface area contributed by atoms with Crippen LogP contribution >= 0.6 is 0 Å². The van der Waals surface area contributed by atoms with E-state index in [2.05, 4.69) is 130 Å².